The molecular formula is C13H21N5. The van der Waals surface area contributed by atoms with Gasteiger partial charge in [0.25, 0.3) is 0 Å². The molecule has 98 valence electrons. The van der Waals surface area contributed by atoms with Crippen molar-refractivity contribution in [3.63, 3.8) is 0 Å². The summed E-state index contributed by atoms with van der Waals surface area (Å²) in [6.07, 6.45) is 5.73. The Morgan fingerprint density at radius 2 is 2.00 bits per heavy atom. The molecule has 0 aromatic carbocycles. The number of aryl methyl sites for hydroxylation is 1. The lowest BCUT2D eigenvalue weighted by molar-refractivity contribution is 0.434. The molecule has 0 radical (unpaired) electrons. The number of rotatable bonds is 2. The molecule has 1 aliphatic carbocycles. The van der Waals surface area contributed by atoms with Gasteiger partial charge >= 0.3 is 0 Å². The highest BCUT2D eigenvalue weighted by Gasteiger charge is 2.23. The van der Waals surface area contributed by atoms with Gasteiger partial charge in [0.15, 0.2) is 0 Å². The van der Waals surface area contributed by atoms with Crippen molar-refractivity contribution in [2.45, 2.75) is 39.0 Å². The zero-order valence-corrected chi connectivity index (χ0v) is 10.9. The van der Waals surface area contributed by atoms with Crippen LogP contribution >= 0.6 is 0 Å². The fraction of sp³-hybridized carbons (Fsp3) is 0.692. The van der Waals surface area contributed by atoms with Crippen LogP contribution in [0, 0.1) is 5.92 Å². The van der Waals surface area contributed by atoms with Crippen LogP contribution < -0.4 is 16.2 Å². The molecule has 0 unspecified atom stereocenters. The van der Waals surface area contributed by atoms with Gasteiger partial charge in [0.05, 0.1) is 5.69 Å². The molecule has 1 saturated heterocycles. The Balaban J connectivity index is 1.88. The van der Waals surface area contributed by atoms with Gasteiger partial charge in [0.1, 0.15) is 5.82 Å². The van der Waals surface area contributed by atoms with Crippen molar-refractivity contribution in [3.05, 3.63) is 11.3 Å². The van der Waals surface area contributed by atoms with Crippen molar-refractivity contribution in [1.82, 2.24) is 9.97 Å². The number of aromatic nitrogens is 2. The molecule has 3 rings (SSSR count). The van der Waals surface area contributed by atoms with Crippen molar-refractivity contribution in [3.8, 4) is 0 Å². The van der Waals surface area contributed by atoms with E-state index >= 15 is 0 Å². The highest BCUT2D eigenvalue weighted by atomic mass is 15.3. The number of nitrogens with zero attached hydrogens (tertiary/aromatic N) is 3. The smallest absolute Gasteiger partial charge is 0.227 e. The molecule has 1 aromatic rings. The second-order valence-corrected chi connectivity index (χ2v) is 5.46. The van der Waals surface area contributed by atoms with Crippen LogP contribution in [0.15, 0.2) is 0 Å². The van der Waals surface area contributed by atoms with E-state index in [1.807, 2.05) is 0 Å². The Morgan fingerprint density at radius 3 is 2.72 bits per heavy atom. The van der Waals surface area contributed by atoms with Crippen LogP contribution in [0.25, 0.3) is 0 Å². The second kappa shape index (κ2) is 4.72. The van der Waals surface area contributed by atoms with Crippen molar-refractivity contribution in [1.29, 1.82) is 0 Å². The van der Waals surface area contributed by atoms with Crippen LogP contribution in [0.3, 0.4) is 0 Å². The zero-order valence-electron chi connectivity index (χ0n) is 10.9. The van der Waals surface area contributed by atoms with E-state index < -0.39 is 0 Å². The predicted octanol–water partition coefficient (Wildman–Crippen LogP) is 1.49. The lowest BCUT2D eigenvalue weighted by Gasteiger charge is -2.30. The van der Waals surface area contributed by atoms with Gasteiger partial charge in [-0.1, -0.05) is 6.92 Å². The average molecular weight is 247 g/mol. The van der Waals surface area contributed by atoms with E-state index in [4.69, 9.17) is 10.8 Å². The third-order valence-corrected chi connectivity index (χ3v) is 4.12. The SMILES string of the molecule is CC1CCN(c2nc3c(c(NN)n2)CCC3)CC1. The number of hydrogen-bond donors (Lipinski definition) is 2. The van der Waals surface area contributed by atoms with E-state index in [-0.39, 0.29) is 0 Å². The lowest BCUT2D eigenvalue weighted by atomic mass is 10.00. The summed E-state index contributed by atoms with van der Waals surface area (Å²) in [7, 11) is 0. The summed E-state index contributed by atoms with van der Waals surface area (Å²) in [6, 6.07) is 0. The highest BCUT2D eigenvalue weighted by Crippen LogP contribution is 2.29. The van der Waals surface area contributed by atoms with Gasteiger partial charge < -0.3 is 10.3 Å². The molecule has 18 heavy (non-hydrogen) atoms. The van der Waals surface area contributed by atoms with Gasteiger partial charge in [0, 0.05) is 18.7 Å². The van der Waals surface area contributed by atoms with Crippen LogP contribution in [0.5, 0.6) is 0 Å². The van der Waals surface area contributed by atoms with Gasteiger partial charge in [-0.3, -0.25) is 0 Å². The van der Waals surface area contributed by atoms with E-state index in [0.29, 0.717) is 0 Å². The van der Waals surface area contributed by atoms with E-state index in [1.54, 1.807) is 0 Å². The number of nitrogens with one attached hydrogen (secondary N) is 1. The third-order valence-electron chi connectivity index (χ3n) is 4.12. The highest BCUT2D eigenvalue weighted by molar-refractivity contribution is 5.52. The fourth-order valence-electron chi connectivity index (χ4n) is 2.89. The van der Waals surface area contributed by atoms with Crippen LogP contribution in [-0.4, -0.2) is 23.1 Å². The fourth-order valence-corrected chi connectivity index (χ4v) is 2.89. The summed E-state index contributed by atoms with van der Waals surface area (Å²) in [6.45, 7) is 4.43. The summed E-state index contributed by atoms with van der Waals surface area (Å²) in [5.74, 6) is 8.09. The van der Waals surface area contributed by atoms with Gasteiger partial charge in [-0.15, -0.1) is 0 Å². The van der Waals surface area contributed by atoms with Crippen molar-refractivity contribution in [2.24, 2.45) is 11.8 Å². The van der Waals surface area contributed by atoms with Crippen LogP contribution in [0.4, 0.5) is 11.8 Å². The van der Waals surface area contributed by atoms with E-state index in [0.717, 1.165) is 43.6 Å². The summed E-state index contributed by atoms with van der Waals surface area (Å²) in [4.78, 5) is 11.6. The molecule has 0 spiro atoms. The normalized spacial score (nSPS) is 20.0. The second-order valence-electron chi connectivity index (χ2n) is 5.46. The molecule has 5 nitrogen and oxygen atoms in total. The number of piperidine rings is 1. The van der Waals surface area contributed by atoms with Crippen molar-refractivity contribution < 1.29 is 0 Å². The lowest BCUT2D eigenvalue weighted by Crippen LogP contribution is -2.34. The number of anilines is 2. The molecule has 0 amide bonds. The standard InChI is InChI=1S/C13H21N5/c1-9-5-7-18(8-6-9)13-15-11-4-2-3-10(11)12(16-13)17-14/h9H,2-8,14H2,1H3,(H,15,16,17). The molecule has 0 bridgehead atoms. The van der Waals surface area contributed by atoms with Gasteiger partial charge in [-0.05, 0) is 38.0 Å². The van der Waals surface area contributed by atoms with Gasteiger partial charge in [-0.2, -0.15) is 4.98 Å². The Morgan fingerprint density at radius 1 is 1.22 bits per heavy atom. The first-order valence-corrected chi connectivity index (χ1v) is 6.89. The summed E-state index contributed by atoms with van der Waals surface area (Å²) < 4.78 is 0. The molecule has 0 saturated carbocycles. The molecule has 3 N–H and O–H groups in total. The molecule has 2 heterocycles. The quantitative estimate of drug-likeness (QED) is 0.612. The molecule has 1 fully saturated rings. The van der Waals surface area contributed by atoms with E-state index in [1.165, 1.54) is 30.5 Å². The van der Waals surface area contributed by atoms with Gasteiger partial charge in [0.2, 0.25) is 5.95 Å². The maximum atomic E-state index is 5.58. The molecule has 5 heteroatoms. The van der Waals surface area contributed by atoms with Crippen LogP contribution in [-0.2, 0) is 12.8 Å². The van der Waals surface area contributed by atoms with Crippen LogP contribution in [0.2, 0.25) is 0 Å². The van der Waals surface area contributed by atoms with E-state index in [9.17, 15) is 0 Å². The molecule has 1 aliphatic heterocycles. The number of fused-ring (bicyclic) bond motifs is 1. The third kappa shape index (κ3) is 2.03. The summed E-state index contributed by atoms with van der Waals surface area (Å²) in [5.41, 5.74) is 5.14. The van der Waals surface area contributed by atoms with Crippen molar-refractivity contribution in [2.75, 3.05) is 23.4 Å². The van der Waals surface area contributed by atoms with E-state index in [2.05, 4.69) is 22.2 Å². The average Bonchev–Trinajstić information content (AvgIpc) is 2.86. The summed E-state index contributed by atoms with van der Waals surface area (Å²) in [5, 5.41) is 0. The Bertz CT molecular complexity index is 437. The number of nitrogen functional groups attached to an aromatic ring is 1. The minimum Gasteiger partial charge on any atom is -0.341 e. The van der Waals surface area contributed by atoms with Gasteiger partial charge in [-0.25, -0.2) is 10.8 Å². The number of hydrazine groups is 1. The van der Waals surface area contributed by atoms with Crippen LogP contribution in [0.1, 0.15) is 37.4 Å². The largest absolute Gasteiger partial charge is 0.341 e. The number of hydrogen-bond acceptors (Lipinski definition) is 5. The predicted molar refractivity (Wildman–Crippen MR) is 72.5 cm³/mol. The molecule has 2 aliphatic rings. The topological polar surface area (TPSA) is 67.1 Å². The zero-order chi connectivity index (χ0) is 12.5. The Labute approximate surface area is 108 Å². The monoisotopic (exact) mass is 247 g/mol. The minimum absolute atomic E-state index is 0.822. The first-order valence-electron chi connectivity index (χ1n) is 6.89. The first kappa shape index (κ1) is 11.7. The van der Waals surface area contributed by atoms with Crippen molar-refractivity contribution >= 4 is 11.8 Å². The Kier molecular flexibility index (Phi) is 3.07. The molecule has 0 atom stereocenters. The molecule has 1 aromatic heterocycles. The summed E-state index contributed by atoms with van der Waals surface area (Å²) >= 11 is 0. The minimum atomic E-state index is 0.822. The first-order chi connectivity index (χ1) is 8.78. The Hall–Kier alpha value is -1.36. The maximum Gasteiger partial charge on any atom is 0.227 e. The maximum absolute atomic E-state index is 5.58. The molecular weight excluding hydrogens is 226 g/mol. The number of nitrogens with two attached hydrogens (primary N) is 1.